The minimum absolute atomic E-state index is 0.195. The van der Waals surface area contributed by atoms with Crippen molar-refractivity contribution in [2.24, 2.45) is 0 Å². The van der Waals surface area contributed by atoms with Gasteiger partial charge in [0.1, 0.15) is 0 Å². The third-order valence-electron chi connectivity index (χ3n) is 2.43. The molecule has 2 nitrogen and oxygen atoms in total. The largest absolute Gasteiger partial charge is 0.338 e. The monoisotopic (exact) mass is 273 g/mol. The molecule has 0 aromatic carbocycles. The second-order valence-electron chi connectivity index (χ2n) is 3.46. The average Bonchev–Trinajstić information content (AvgIpc) is 2.65. The lowest BCUT2D eigenvalue weighted by atomic mass is 10.1. The summed E-state index contributed by atoms with van der Waals surface area (Å²) in [4.78, 5) is 14.7. The quantitative estimate of drug-likeness (QED) is 0.770. The van der Waals surface area contributed by atoms with E-state index in [4.69, 9.17) is 0 Å². The lowest BCUT2D eigenvalue weighted by Gasteiger charge is -2.26. The molecule has 14 heavy (non-hydrogen) atoms. The highest BCUT2D eigenvalue weighted by molar-refractivity contribution is 9.11. The molecule has 2 rings (SSSR count). The summed E-state index contributed by atoms with van der Waals surface area (Å²) >= 11 is 4.89. The van der Waals surface area contributed by atoms with Crippen LogP contribution >= 0.6 is 27.3 Å². The van der Waals surface area contributed by atoms with Crippen LogP contribution in [-0.2, 0) is 0 Å². The van der Waals surface area contributed by atoms with E-state index < -0.39 is 0 Å². The van der Waals surface area contributed by atoms with Crippen molar-refractivity contribution in [1.82, 2.24) is 4.90 Å². The smallest absolute Gasteiger partial charge is 0.263 e. The highest BCUT2D eigenvalue weighted by Crippen LogP contribution is 2.24. The number of carbonyl (C=O) groups excluding carboxylic acids is 1. The van der Waals surface area contributed by atoms with E-state index in [1.54, 1.807) is 0 Å². The number of amides is 1. The summed E-state index contributed by atoms with van der Waals surface area (Å²) in [6.45, 7) is 1.85. The normalized spacial score (nSPS) is 17.1. The number of rotatable bonds is 1. The molecule has 1 aliphatic heterocycles. The first-order valence-electron chi connectivity index (χ1n) is 4.82. The molecule has 1 aromatic rings. The van der Waals surface area contributed by atoms with Gasteiger partial charge < -0.3 is 4.90 Å². The summed E-state index contributed by atoms with van der Waals surface area (Å²) in [6, 6.07) is 3.83. The number of hydrogen-bond acceptors (Lipinski definition) is 2. The molecule has 1 saturated heterocycles. The first kappa shape index (κ1) is 10.2. The summed E-state index contributed by atoms with van der Waals surface area (Å²) < 4.78 is 1.03. The fraction of sp³-hybridized carbons (Fsp3) is 0.500. The second kappa shape index (κ2) is 4.45. The number of thiophene rings is 1. The molecule has 1 amide bonds. The topological polar surface area (TPSA) is 20.3 Å². The van der Waals surface area contributed by atoms with Gasteiger partial charge in [-0.25, -0.2) is 0 Å². The molecule has 0 spiro atoms. The van der Waals surface area contributed by atoms with E-state index in [2.05, 4.69) is 15.9 Å². The molecule has 1 fully saturated rings. The van der Waals surface area contributed by atoms with Gasteiger partial charge >= 0.3 is 0 Å². The first-order chi connectivity index (χ1) is 6.77. The minimum Gasteiger partial charge on any atom is -0.338 e. The van der Waals surface area contributed by atoms with E-state index in [9.17, 15) is 4.79 Å². The molecule has 2 heterocycles. The fourth-order valence-electron chi connectivity index (χ4n) is 1.68. The zero-order valence-electron chi connectivity index (χ0n) is 7.83. The summed E-state index contributed by atoms with van der Waals surface area (Å²) in [6.07, 6.45) is 3.56. The minimum atomic E-state index is 0.195. The van der Waals surface area contributed by atoms with Gasteiger partial charge in [-0.15, -0.1) is 11.3 Å². The van der Waals surface area contributed by atoms with Crippen LogP contribution in [0.1, 0.15) is 28.9 Å². The predicted octanol–water partition coefficient (Wildman–Crippen LogP) is 3.14. The Labute approximate surface area is 96.0 Å². The highest BCUT2D eigenvalue weighted by Gasteiger charge is 2.19. The fourth-order valence-corrected chi connectivity index (χ4v) is 3.04. The van der Waals surface area contributed by atoms with Gasteiger partial charge in [-0.1, -0.05) is 0 Å². The molecule has 1 aromatic heterocycles. The summed E-state index contributed by atoms with van der Waals surface area (Å²) in [5, 5.41) is 0. The Balaban J connectivity index is 2.07. The summed E-state index contributed by atoms with van der Waals surface area (Å²) in [5.74, 6) is 0.195. The molecule has 0 saturated carbocycles. The van der Waals surface area contributed by atoms with Gasteiger partial charge in [0.05, 0.1) is 8.66 Å². The van der Waals surface area contributed by atoms with Gasteiger partial charge in [0.25, 0.3) is 5.91 Å². The number of halogens is 1. The molecule has 0 N–H and O–H groups in total. The lowest BCUT2D eigenvalue weighted by Crippen LogP contribution is -2.35. The Hall–Kier alpha value is -0.350. The van der Waals surface area contributed by atoms with Gasteiger partial charge in [-0.3, -0.25) is 4.79 Å². The molecule has 4 heteroatoms. The van der Waals surface area contributed by atoms with Crippen LogP contribution in [0.25, 0.3) is 0 Å². The van der Waals surface area contributed by atoms with Crippen LogP contribution in [-0.4, -0.2) is 23.9 Å². The zero-order valence-corrected chi connectivity index (χ0v) is 10.2. The number of nitrogens with zero attached hydrogens (tertiary/aromatic N) is 1. The zero-order chi connectivity index (χ0) is 9.97. The van der Waals surface area contributed by atoms with Crippen molar-refractivity contribution in [3.05, 3.63) is 20.8 Å². The maximum Gasteiger partial charge on any atom is 0.263 e. The van der Waals surface area contributed by atoms with Crippen molar-refractivity contribution in [3.8, 4) is 0 Å². The SMILES string of the molecule is O=C(c1ccc(Br)s1)N1CCCCC1. The van der Waals surface area contributed by atoms with Crippen LogP contribution in [0.2, 0.25) is 0 Å². The molecule has 1 aliphatic rings. The Morgan fingerprint density at radius 3 is 2.57 bits per heavy atom. The van der Waals surface area contributed by atoms with Crippen molar-refractivity contribution < 1.29 is 4.79 Å². The highest BCUT2D eigenvalue weighted by atomic mass is 79.9. The number of piperidine rings is 1. The van der Waals surface area contributed by atoms with E-state index in [0.29, 0.717) is 0 Å². The molecular formula is C10H12BrNOS. The van der Waals surface area contributed by atoms with Gasteiger partial charge in [-0.05, 0) is 47.3 Å². The summed E-state index contributed by atoms with van der Waals surface area (Å²) in [7, 11) is 0. The van der Waals surface area contributed by atoms with E-state index >= 15 is 0 Å². The Morgan fingerprint density at radius 2 is 2.00 bits per heavy atom. The molecule has 0 atom stereocenters. The van der Waals surface area contributed by atoms with Crippen LogP contribution in [0, 0.1) is 0 Å². The average molecular weight is 274 g/mol. The maximum absolute atomic E-state index is 11.9. The molecule has 0 bridgehead atoms. The number of hydrogen-bond donors (Lipinski definition) is 0. The van der Waals surface area contributed by atoms with E-state index in [1.807, 2.05) is 17.0 Å². The molecule has 0 unspecified atom stereocenters. The van der Waals surface area contributed by atoms with Crippen molar-refractivity contribution in [1.29, 1.82) is 0 Å². The third kappa shape index (κ3) is 2.17. The Bertz CT molecular complexity index is 331. The molecule has 76 valence electrons. The second-order valence-corrected chi connectivity index (χ2v) is 5.92. The van der Waals surface area contributed by atoms with Crippen LogP contribution in [0.5, 0.6) is 0 Å². The maximum atomic E-state index is 11.9. The van der Waals surface area contributed by atoms with E-state index in [1.165, 1.54) is 17.8 Å². The van der Waals surface area contributed by atoms with Crippen molar-refractivity contribution in [2.75, 3.05) is 13.1 Å². The summed E-state index contributed by atoms with van der Waals surface area (Å²) in [5.41, 5.74) is 0. The van der Waals surface area contributed by atoms with Crippen molar-refractivity contribution >= 4 is 33.2 Å². The molecule has 0 radical (unpaired) electrons. The predicted molar refractivity (Wildman–Crippen MR) is 61.8 cm³/mol. The number of likely N-dealkylation sites (tertiary alicyclic amines) is 1. The van der Waals surface area contributed by atoms with Gasteiger partial charge in [-0.2, -0.15) is 0 Å². The van der Waals surface area contributed by atoms with Crippen LogP contribution in [0.4, 0.5) is 0 Å². The van der Waals surface area contributed by atoms with E-state index in [0.717, 1.165) is 34.6 Å². The van der Waals surface area contributed by atoms with Gasteiger partial charge in [0.2, 0.25) is 0 Å². The first-order valence-corrected chi connectivity index (χ1v) is 6.43. The lowest BCUT2D eigenvalue weighted by molar-refractivity contribution is 0.0729. The Kier molecular flexibility index (Phi) is 3.23. The van der Waals surface area contributed by atoms with Gasteiger partial charge in [0, 0.05) is 13.1 Å². The standard InChI is InChI=1S/C10H12BrNOS/c11-9-5-4-8(14-9)10(13)12-6-2-1-3-7-12/h4-5H,1-3,6-7H2. The van der Waals surface area contributed by atoms with Crippen LogP contribution in [0.15, 0.2) is 15.9 Å². The van der Waals surface area contributed by atoms with Gasteiger partial charge in [0.15, 0.2) is 0 Å². The molecule has 0 aliphatic carbocycles. The van der Waals surface area contributed by atoms with Crippen LogP contribution < -0.4 is 0 Å². The Morgan fingerprint density at radius 1 is 1.29 bits per heavy atom. The third-order valence-corrected chi connectivity index (χ3v) is 4.04. The van der Waals surface area contributed by atoms with E-state index in [-0.39, 0.29) is 5.91 Å². The van der Waals surface area contributed by atoms with Crippen molar-refractivity contribution in [2.45, 2.75) is 19.3 Å². The van der Waals surface area contributed by atoms with Crippen LogP contribution in [0.3, 0.4) is 0 Å². The molecular weight excluding hydrogens is 262 g/mol. The number of carbonyl (C=O) groups is 1. The van der Waals surface area contributed by atoms with Crippen molar-refractivity contribution in [3.63, 3.8) is 0 Å².